The van der Waals surface area contributed by atoms with E-state index in [1.165, 1.54) is 353 Å². The standard InChI is InChI=1S/C80H153NO5/c1-3-5-7-9-11-13-15-17-18-19-39-42-45-49-52-56-60-64-68-72-78(83)77(76-82)81-79(84)73-69-65-61-57-53-50-46-43-40-37-35-33-31-29-27-25-23-21-20-22-24-26-28-30-32-34-36-38-41-44-47-51-55-59-63-67-71-75-86-80(85)74-70-66-62-58-54-48-16-14-12-10-8-6-4-2/h14,16,20,22,26,28,77-78,82-83H,3-13,15,17-19,21,23-25,27,29-76H2,1-2H3,(H,81,84)/b16-14-,22-20-,28-26-. The van der Waals surface area contributed by atoms with Gasteiger partial charge in [-0.3, -0.25) is 9.59 Å². The van der Waals surface area contributed by atoms with Crippen LogP contribution in [0.4, 0.5) is 0 Å². The van der Waals surface area contributed by atoms with Crippen molar-refractivity contribution in [1.29, 1.82) is 0 Å². The molecule has 0 saturated carbocycles. The third kappa shape index (κ3) is 71.2. The largest absolute Gasteiger partial charge is 0.466 e. The minimum atomic E-state index is -0.663. The van der Waals surface area contributed by atoms with Gasteiger partial charge in [-0.05, 0) is 83.5 Å². The lowest BCUT2D eigenvalue weighted by Gasteiger charge is -2.22. The summed E-state index contributed by atoms with van der Waals surface area (Å²) in [5.74, 6) is -0.0178. The topological polar surface area (TPSA) is 95.9 Å². The number of carbonyl (C=O) groups is 2. The molecule has 0 aromatic carbocycles. The van der Waals surface area contributed by atoms with Crippen LogP contribution in [-0.4, -0.2) is 47.4 Å². The van der Waals surface area contributed by atoms with Gasteiger partial charge in [0.25, 0.3) is 0 Å². The fourth-order valence-electron chi connectivity index (χ4n) is 12.4. The van der Waals surface area contributed by atoms with Crippen molar-refractivity contribution in [1.82, 2.24) is 5.32 Å². The third-order valence-corrected chi connectivity index (χ3v) is 18.4. The van der Waals surface area contributed by atoms with Gasteiger partial charge in [0.05, 0.1) is 25.4 Å². The van der Waals surface area contributed by atoms with E-state index in [2.05, 4.69) is 55.6 Å². The predicted molar refractivity (Wildman–Crippen MR) is 379 cm³/mol. The molecule has 3 N–H and O–H groups in total. The van der Waals surface area contributed by atoms with Crippen molar-refractivity contribution in [2.75, 3.05) is 13.2 Å². The molecule has 0 heterocycles. The monoisotopic (exact) mass is 1210 g/mol. The van der Waals surface area contributed by atoms with Crippen LogP contribution in [0, 0.1) is 0 Å². The molecule has 508 valence electrons. The number of aliphatic hydroxyl groups excluding tert-OH is 2. The van der Waals surface area contributed by atoms with Crippen LogP contribution in [0.15, 0.2) is 36.5 Å². The molecule has 0 radical (unpaired) electrons. The van der Waals surface area contributed by atoms with E-state index in [1.54, 1.807) is 0 Å². The Morgan fingerprint density at radius 3 is 0.907 bits per heavy atom. The highest BCUT2D eigenvalue weighted by molar-refractivity contribution is 5.76. The number of amides is 1. The second-order valence-corrected chi connectivity index (χ2v) is 27.0. The minimum Gasteiger partial charge on any atom is -0.466 e. The normalized spacial score (nSPS) is 12.7. The van der Waals surface area contributed by atoms with Crippen molar-refractivity contribution in [2.24, 2.45) is 0 Å². The summed E-state index contributed by atoms with van der Waals surface area (Å²) in [7, 11) is 0. The molecule has 0 aliphatic carbocycles. The Labute approximate surface area is 538 Å². The Balaban J connectivity index is 3.36. The smallest absolute Gasteiger partial charge is 0.305 e. The van der Waals surface area contributed by atoms with Crippen molar-refractivity contribution < 1.29 is 24.5 Å². The molecule has 0 spiro atoms. The molecular formula is C80H153NO5. The Morgan fingerprint density at radius 2 is 0.581 bits per heavy atom. The van der Waals surface area contributed by atoms with Gasteiger partial charge in [0.15, 0.2) is 0 Å². The van der Waals surface area contributed by atoms with Gasteiger partial charge in [-0.25, -0.2) is 0 Å². The summed E-state index contributed by atoms with van der Waals surface area (Å²) >= 11 is 0. The Kier molecular flexibility index (Phi) is 73.9. The number of hydrogen-bond acceptors (Lipinski definition) is 5. The van der Waals surface area contributed by atoms with Gasteiger partial charge >= 0.3 is 5.97 Å². The molecule has 6 heteroatoms. The maximum atomic E-state index is 12.6. The summed E-state index contributed by atoms with van der Waals surface area (Å²) in [6.07, 6.45) is 98.1. The lowest BCUT2D eigenvalue weighted by molar-refractivity contribution is -0.143. The lowest BCUT2D eigenvalue weighted by atomic mass is 10.0. The molecule has 86 heavy (non-hydrogen) atoms. The first-order valence-electron chi connectivity index (χ1n) is 39.2. The number of aliphatic hydroxyl groups is 2. The third-order valence-electron chi connectivity index (χ3n) is 18.4. The van der Waals surface area contributed by atoms with E-state index < -0.39 is 12.1 Å². The van der Waals surface area contributed by atoms with Gasteiger partial charge in [-0.2, -0.15) is 0 Å². The van der Waals surface area contributed by atoms with Crippen LogP contribution >= 0.6 is 0 Å². The number of hydrogen-bond donors (Lipinski definition) is 3. The lowest BCUT2D eigenvalue weighted by Crippen LogP contribution is -2.45. The Bertz CT molecular complexity index is 1390. The van der Waals surface area contributed by atoms with Crippen LogP contribution in [0.25, 0.3) is 0 Å². The Hall–Kier alpha value is -1.92. The second-order valence-electron chi connectivity index (χ2n) is 27.0. The van der Waals surface area contributed by atoms with Gasteiger partial charge in [-0.15, -0.1) is 0 Å². The van der Waals surface area contributed by atoms with Crippen molar-refractivity contribution in [2.45, 2.75) is 450 Å². The van der Waals surface area contributed by atoms with E-state index in [0.717, 1.165) is 51.4 Å². The highest BCUT2D eigenvalue weighted by atomic mass is 16.5. The predicted octanol–water partition coefficient (Wildman–Crippen LogP) is 25.8. The van der Waals surface area contributed by atoms with E-state index in [1.807, 2.05) is 0 Å². The van der Waals surface area contributed by atoms with E-state index in [-0.39, 0.29) is 18.5 Å². The van der Waals surface area contributed by atoms with Crippen molar-refractivity contribution >= 4 is 11.9 Å². The number of carbonyl (C=O) groups excluding carboxylic acids is 2. The summed E-state index contributed by atoms with van der Waals surface area (Å²) in [5, 5.41) is 23.4. The fourth-order valence-corrected chi connectivity index (χ4v) is 12.4. The molecule has 2 unspecified atom stereocenters. The van der Waals surface area contributed by atoms with Crippen molar-refractivity contribution in [3.8, 4) is 0 Å². The maximum Gasteiger partial charge on any atom is 0.305 e. The molecule has 0 saturated heterocycles. The molecule has 0 fully saturated rings. The Morgan fingerprint density at radius 1 is 0.326 bits per heavy atom. The van der Waals surface area contributed by atoms with E-state index >= 15 is 0 Å². The second kappa shape index (κ2) is 75.5. The zero-order valence-corrected chi connectivity index (χ0v) is 58.3. The number of allylic oxidation sites excluding steroid dienone is 6. The first-order chi connectivity index (χ1) is 42.5. The van der Waals surface area contributed by atoms with Gasteiger partial charge in [0, 0.05) is 12.8 Å². The molecule has 0 rings (SSSR count). The maximum absolute atomic E-state index is 12.6. The summed E-state index contributed by atoms with van der Waals surface area (Å²) in [6.45, 7) is 4.98. The average Bonchev–Trinajstić information content (AvgIpc) is 3.55. The summed E-state index contributed by atoms with van der Waals surface area (Å²) in [5.41, 5.74) is 0. The number of unbranched alkanes of at least 4 members (excludes halogenated alkanes) is 57. The first kappa shape index (κ1) is 84.1. The summed E-state index contributed by atoms with van der Waals surface area (Å²) in [6, 6.07) is -0.540. The number of esters is 1. The molecule has 0 aromatic rings. The van der Waals surface area contributed by atoms with Crippen LogP contribution in [0.3, 0.4) is 0 Å². The highest BCUT2D eigenvalue weighted by Gasteiger charge is 2.20. The molecular weight excluding hydrogens is 1050 g/mol. The zero-order chi connectivity index (χ0) is 62.0. The minimum absolute atomic E-state index is 0.0100. The van der Waals surface area contributed by atoms with Gasteiger partial charge in [-0.1, -0.05) is 378 Å². The van der Waals surface area contributed by atoms with E-state index in [4.69, 9.17) is 4.74 Å². The molecule has 2 atom stereocenters. The zero-order valence-electron chi connectivity index (χ0n) is 58.3. The van der Waals surface area contributed by atoms with Crippen LogP contribution < -0.4 is 5.32 Å². The van der Waals surface area contributed by atoms with Crippen LogP contribution in [0.1, 0.15) is 438 Å². The number of rotatable bonds is 74. The molecule has 0 aromatic heterocycles. The van der Waals surface area contributed by atoms with Crippen molar-refractivity contribution in [3.63, 3.8) is 0 Å². The number of ether oxygens (including phenoxy) is 1. The van der Waals surface area contributed by atoms with Gasteiger partial charge < -0.3 is 20.3 Å². The van der Waals surface area contributed by atoms with E-state index in [0.29, 0.717) is 25.9 Å². The molecule has 0 aliphatic heterocycles. The summed E-state index contributed by atoms with van der Waals surface area (Å²) < 4.78 is 5.48. The van der Waals surface area contributed by atoms with Gasteiger partial charge in [0.1, 0.15) is 0 Å². The highest BCUT2D eigenvalue weighted by Crippen LogP contribution is 2.20. The first-order valence-corrected chi connectivity index (χ1v) is 39.2. The van der Waals surface area contributed by atoms with E-state index in [9.17, 15) is 19.8 Å². The molecule has 0 aliphatic rings. The molecule has 0 bridgehead atoms. The SMILES string of the molecule is CCCCCC/C=C\CCCCCCCC(=O)OCCCCCCCCCCCCCCC/C=C\C/C=C\CCCCCCCCCCCCCCCCCCCC(=O)NC(CO)C(O)CCCCCCCCCCCCCCCCCCCCC. The van der Waals surface area contributed by atoms with Crippen LogP contribution in [0.5, 0.6) is 0 Å². The molecule has 6 nitrogen and oxygen atoms in total. The summed E-state index contributed by atoms with van der Waals surface area (Å²) in [4.78, 5) is 24.6. The molecule has 1 amide bonds. The van der Waals surface area contributed by atoms with Gasteiger partial charge in [0.2, 0.25) is 5.91 Å². The van der Waals surface area contributed by atoms with Crippen molar-refractivity contribution in [3.05, 3.63) is 36.5 Å². The quantitative estimate of drug-likeness (QED) is 0.0320. The van der Waals surface area contributed by atoms with Crippen LogP contribution in [-0.2, 0) is 14.3 Å². The average molecular weight is 1210 g/mol. The number of nitrogens with one attached hydrogen (secondary N) is 1. The fraction of sp³-hybridized carbons (Fsp3) is 0.900. The van der Waals surface area contributed by atoms with Crippen LogP contribution in [0.2, 0.25) is 0 Å².